The van der Waals surface area contributed by atoms with Crippen molar-refractivity contribution in [2.75, 3.05) is 44.7 Å². The van der Waals surface area contributed by atoms with Crippen molar-refractivity contribution in [3.63, 3.8) is 0 Å². The summed E-state index contributed by atoms with van der Waals surface area (Å²) in [5, 5.41) is 3.85. The van der Waals surface area contributed by atoms with Gasteiger partial charge in [0.1, 0.15) is 0 Å². The van der Waals surface area contributed by atoms with Gasteiger partial charge in [0, 0.05) is 47.5 Å². The number of H-pyrrole nitrogens is 1. The van der Waals surface area contributed by atoms with Crippen LogP contribution in [0.25, 0.3) is 10.9 Å². The Morgan fingerprint density at radius 2 is 1.82 bits per heavy atom. The fourth-order valence-electron chi connectivity index (χ4n) is 3.94. The molecule has 0 radical (unpaired) electrons. The van der Waals surface area contributed by atoms with Gasteiger partial charge in [-0.05, 0) is 74.8 Å². The number of aromatic amines is 1. The van der Waals surface area contributed by atoms with Gasteiger partial charge in [-0.15, -0.1) is 0 Å². The van der Waals surface area contributed by atoms with E-state index in [4.69, 9.17) is 4.74 Å². The normalized spacial score (nSPS) is 15.1. The first-order valence-electron chi connectivity index (χ1n) is 11.1. The Hall–Kier alpha value is -2.72. The van der Waals surface area contributed by atoms with Crippen molar-refractivity contribution in [2.45, 2.75) is 25.2 Å². The second-order valence-corrected chi connectivity index (χ2v) is 10.1. The first kappa shape index (κ1) is 23.4. The zero-order valence-electron chi connectivity index (χ0n) is 19.0. The third kappa shape index (κ3) is 5.62. The maximum absolute atomic E-state index is 12.7. The minimum Gasteiger partial charge on any atom is -0.379 e. The van der Waals surface area contributed by atoms with Gasteiger partial charge in [-0.3, -0.25) is 9.69 Å². The van der Waals surface area contributed by atoms with Crippen molar-refractivity contribution in [1.29, 1.82) is 0 Å². The number of nitrogens with zero attached hydrogens (tertiary/aromatic N) is 1. The Morgan fingerprint density at radius 1 is 1.09 bits per heavy atom. The molecule has 8 nitrogen and oxygen atoms in total. The van der Waals surface area contributed by atoms with Crippen LogP contribution in [-0.2, 0) is 14.8 Å². The lowest BCUT2D eigenvalue weighted by atomic mass is 10.1. The summed E-state index contributed by atoms with van der Waals surface area (Å²) < 4.78 is 33.1. The number of aromatic nitrogens is 1. The highest BCUT2D eigenvalue weighted by Gasteiger charge is 2.15. The van der Waals surface area contributed by atoms with Crippen molar-refractivity contribution < 1.29 is 17.9 Å². The number of hydrogen-bond acceptors (Lipinski definition) is 5. The number of aryl methyl sites for hydroxylation is 2. The molecule has 1 fully saturated rings. The molecule has 0 saturated carbocycles. The largest absolute Gasteiger partial charge is 0.379 e. The lowest BCUT2D eigenvalue weighted by Gasteiger charge is -2.26. The quantitative estimate of drug-likeness (QED) is 0.439. The molecule has 176 valence electrons. The zero-order chi connectivity index (χ0) is 23.4. The molecular formula is C24H30N4O4S. The van der Waals surface area contributed by atoms with E-state index in [-0.39, 0.29) is 10.8 Å². The molecule has 1 saturated heterocycles. The van der Waals surface area contributed by atoms with E-state index in [0.717, 1.165) is 61.4 Å². The SMILES string of the molecule is Cc1[nH]c2ccc(C(=O)Nc3ccc(S(=O)(=O)NCCCN4CCOCC4)cc3)cc2c1C. The number of carbonyl (C=O) groups is 1. The Labute approximate surface area is 194 Å². The van der Waals surface area contributed by atoms with Crippen LogP contribution in [0, 0.1) is 13.8 Å². The number of anilines is 1. The number of hydrogen-bond donors (Lipinski definition) is 3. The highest BCUT2D eigenvalue weighted by Crippen LogP contribution is 2.23. The summed E-state index contributed by atoms with van der Waals surface area (Å²) in [6.45, 7) is 8.47. The number of rotatable bonds is 8. The molecule has 2 aromatic carbocycles. The smallest absolute Gasteiger partial charge is 0.255 e. The van der Waals surface area contributed by atoms with Crippen LogP contribution in [0.15, 0.2) is 47.4 Å². The van der Waals surface area contributed by atoms with Gasteiger partial charge < -0.3 is 15.0 Å². The van der Waals surface area contributed by atoms with E-state index in [9.17, 15) is 13.2 Å². The summed E-state index contributed by atoms with van der Waals surface area (Å²) in [5.41, 5.74) is 4.27. The molecule has 33 heavy (non-hydrogen) atoms. The summed E-state index contributed by atoms with van der Waals surface area (Å²) in [6, 6.07) is 11.7. The average molecular weight is 471 g/mol. The zero-order valence-corrected chi connectivity index (χ0v) is 19.8. The van der Waals surface area contributed by atoms with Crippen LogP contribution in [0.2, 0.25) is 0 Å². The average Bonchev–Trinajstić information content (AvgIpc) is 3.10. The van der Waals surface area contributed by atoms with Gasteiger partial charge in [-0.2, -0.15) is 0 Å². The molecule has 0 spiro atoms. The summed E-state index contributed by atoms with van der Waals surface area (Å²) in [5.74, 6) is -0.244. The summed E-state index contributed by atoms with van der Waals surface area (Å²) in [4.78, 5) is 18.4. The molecule has 2 heterocycles. The van der Waals surface area contributed by atoms with E-state index in [2.05, 4.69) is 19.9 Å². The molecule has 9 heteroatoms. The molecule has 0 unspecified atom stereocenters. The lowest BCUT2D eigenvalue weighted by molar-refractivity contribution is 0.0376. The number of amides is 1. The number of ether oxygens (including phenoxy) is 1. The highest BCUT2D eigenvalue weighted by atomic mass is 32.2. The maximum Gasteiger partial charge on any atom is 0.255 e. The molecule has 1 aliphatic rings. The van der Waals surface area contributed by atoms with Crippen molar-refractivity contribution >= 4 is 32.5 Å². The van der Waals surface area contributed by atoms with E-state index < -0.39 is 10.0 Å². The molecule has 4 rings (SSSR count). The van der Waals surface area contributed by atoms with Crippen LogP contribution in [0.3, 0.4) is 0 Å². The molecule has 3 N–H and O–H groups in total. The van der Waals surface area contributed by atoms with Gasteiger partial charge in [0.05, 0.1) is 18.1 Å². The molecular weight excluding hydrogens is 440 g/mol. The molecule has 0 bridgehead atoms. The van der Waals surface area contributed by atoms with E-state index in [1.54, 1.807) is 18.2 Å². The van der Waals surface area contributed by atoms with Crippen LogP contribution in [-0.4, -0.2) is 63.6 Å². The topological polar surface area (TPSA) is 104 Å². The van der Waals surface area contributed by atoms with Gasteiger partial charge in [0.2, 0.25) is 10.0 Å². The van der Waals surface area contributed by atoms with Gasteiger partial charge >= 0.3 is 0 Å². The van der Waals surface area contributed by atoms with E-state index in [0.29, 0.717) is 17.8 Å². The van der Waals surface area contributed by atoms with Crippen LogP contribution >= 0.6 is 0 Å². The van der Waals surface area contributed by atoms with Gasteiger partial charge in [0.15, 0.2) is 0 Å². The van der Waals surface area contributed by atoms with E-state index in [1.807, 2.05) is 26.0 Å². The number of carbonyl (C=O) groups excluding carboxylic acids is 1. The third-order valence-corrected chi connectivity index (χ3v) is 7.52. The molecule has 1 aliphatic heterocycles. The fourth-order valence-corrected chi connectivity index (χ4v) is 5.01. The van der Waals surface area contributed by atoms with Crippen molar-refractivity contribution in [1.82, 2.24) is 14.6 Å². The molecule has 0 atom stereocenters. The first-order chi connectivity index (χ1) is 15.8. The van der Waals surface area contributed by atoms with Crippen molar-refractivity contribution in [2.24, 2.45) is 0 Å². The van der Waals surface area contributed by atoms with E-state index >= 15 is 0 Å². The Kier molecular flexibility index (Phi) is 7.14. The second kappa shape index (κ2) is 10.0. The van der Waals surface area contributed by atoms with Gasteiger partial charge in [0.25, 0.3) is 5.91 Å². The predicted molar refractivity (Wildman–Crippen MR) is 129 cm³/mol. The van der Waals surface area contributed by atoms with Crippen molar-refractivity contribution in [3.8, 4) is 0 Å². The van der Waals surface area contributed by atoms with Crippen LogP contribution in [0.1, 0.15) is 28.0 Å². The third-order valence-electron chi connectivity index (χ3n) is 6.04. The number of morpholine rings is 1. The van der Waals surface area contributed by atoms with E-state index in [1.165, 1.54) is 12.1 Å². The van der Waals surface area contributed by atoms with Gasteiger partial charge in [-0.1, -0.05) is 0 Å². The standard InChI is InChI=1S/C24H30N4O4S/c1-17-18(2)26-23-9-4-19(16-22(17)23)24(29)27-20-5-7-21(8-6-20)33(30,31)25-10-3-11-28-12-14-32-15-13-28/h4-9,16,25-26H,3,10-15H2,1-2H3,(H,27,29). The number of fused-ring (bicyclic) bond motifs is 1. The van der Waals surface area contributed by atoms with Crippen LogP contribution in [0.4, 0.5) is 5.69 Å². The molecule has 1 amide bonds. The summed E-state index contributed by atoms with van der Waals surface area (Å²) >= 11 is 0. The Morgan fingerprint density at radius 3 is 2.55 bits per heavy atom. The maximum atomic E-state index is 12.7. The van der Waals surface area contributed by atoms with Crippen molar-refractivity contribution in [3.05, 3.63) is 59.3 Å². The monoisotopic (exact) mass is 470 g/mol. The molecule has 3 aromatic rings. The lowest BCUT2D eigenvalue weighted by Crippen LogP contribution is -2.38. The first-order valence-corrected chi connectivity index (χ1v) is 12.6. The minimum atomic E-state index is -3.60. The number of sulfonamides is 1. The molecule has 1 aromatic heterocycles. The Bertz CT molecular complexity index is 1230. The number of nitrogens with one attached hydrogen (secondary N) is 3. The van der Waals surface area contributed by atoms with Gasteiger partial charge in [-0.25, -0.2) is 13.1 Å². The number of benzene rings is 2. The fraction of sp³-hybridized carbons (Fsp3) is 0.375. The van der Waals surface area contributed by atoms with Crippen LogP contribution < -0.4 is 10.0 Å². The summed E-state index contributed by atoms with van der Waals surface area (Å²) in [6.07, 6.45) is 0.734. The highest BCUT2D eigenvalue weighted by molar-refractivity contribution is 7.89. The minimum absolute atomic E-state index is 0.173. The second-order valence-electron chi connectivity index (χ2n) is 8.32. The Balaban J connectivity index is 1.33. The molecule has 0 aliphatic carbocycles. The summed E-state index contributed by atoms with van der Waals surface area (Å²) in [7, 11) is -3.60. The predicted octanol–water partition coefficient (Wildman–Crippen LogP) is 3.04. The van der Waals surface area contributed by atoms with Crippen LogP contribution in [0.5, 0.6) is 0 Å².